The van der Waals surface area contributed by atoms with Crippen molar-refractivity contribution in [1.29, 1.82) is 0 Å². The zero-order chi connectivity index (χ0) is 23.5. The minimum absolute atomic E-state index is 0.0225. The van der Waals surface area contributed by atoms with Gasteiger partial charge in [-0.05, 0) is 35.9 Å². The highest BCUT2D eigenvalue weighted by molar-refractivity contribution is 6.31. The van der Waals surface area contributed by atoms with Gasteiger partial charge in [-0.3, -0.25) is 4.57 Å². The van der Waals surface area contributed by atoms with E-state index in [1.165, 1.54) is 43.0 Å². The number of aromatic nitrogens is 2. The van der Waals surface area contributed by atoms with E-state index in [0.717, 1.165) is 12.1 Å². The summed E-state index contributed by atoms with van der Waals surface area (Å²) in [5, 5.41) is -0.455. The summed E-state index contributed by atoms with van der Waals surface area (Å²) in [6, 6.07) is 9.02. The summed E-state index contributed by atoms with van der Waals surface area (Å²) in [5.74, 6) is 0.238. The second-order valence-corrected chi connectivity index (χ2v) is 6.83. The van der Waals surface area contributed by atoms with Crippen LogP contribution in [0, 0.1) is 6.57 Å². The predicted molar refractivity (Wildman–Crippen MR) is 110 cm³/mol. The Hall–Kier alpha value is -3.71. The van der Waals surface area contributed by atoms with E-state index in [4.69, 9.17) is 32.4 Å². The number of ether oxygens (including phenoxy) is 3. The summed E-state index contributed by atoms with van der Waals surface area (Å²) in [6.45, 7) is 7.33. The van der Waals surface area contributed by atoms with Crippen molar-refractivity contribution < 1.29 is 27.4 Å². The Bertz CT molecular complexity index is 1250. The van der Waals surface area contributed by atoms with Gasteiger partial charge in [0.15, 0.2) is 0 Å². The maximum absolute atomic E-state index is 13.0. The van der Waals surface area contributed by atoms with Crippen molar-refractivity contribution in [2.45, 2.75) is 12.8 Å². The molecular weight excluding hydrogens is 451 g/mol. The third kappa shape index (κ3) is 5.12. The van der Waals surface area contributed by atoms with Crippen LogP contribution in [0.2, 0.25) is 5.02 Å². The van der Waals surface area contributed by atoms with Gasteiger partial charge in [-0.15, -0.1) is 0 Å². The van der Waals surface area contributed by atoms with Crippen LogP contribution < -0.4 is 19.9 Å². The summed E-state index contributed by atoms with van der Waals surface area (Å²) >= 11 is 5.61. The first-order chi connectivity index (χ1) is 15.1. The van der Waals surface area contributed by atoms with Crippen molar-refractivity contribution >= 4 is 17.3 Å². The lowest BCUT2D eigenvalue weighted by molar-refractivity contribution is -0.137. The number of alkyl halides is 3. The molecule has 0 atom stereocenters. The molecule has 32 heavy (non-hydrogen) atoms. The number of hydrogen-bond acceptors (Lipinski definition) is 5. The van der Waals surface area contributed by atoms with Crippen LogP contribution in [0.4, 0.5) is 18.9 Å². The molecule has 1 aromatic heterocycles. The normalized spacial score (nSPS) is 11.0. The lowest BCUT2D eigenvalue weighted by atomic mass is 10.2. The van der Waals surface area contributed by atoms with Gasteiger partial charge in [-0.25, -0.2) is 9.64 Å². The smallest absolute Gasteiger partial charge is 0.417 e. The van der Waals surface area contributed by atoms with Gasteiger partial charge in [0.1, 0.15) is 18.1 Å². The lowest BCUT2D eigenvalue weighted by Crippen LogP contribution is -2.21. The topological polar surface area (TPSA) is 66.9 Å². The number of methoxy groups -OCH3 is 1. The van der Waals surface area contributed by atoms with Gasteiger partial charge in [0.25, 0.3) is 0 Å². The van der Waals surface area contributed by atoms with Gasteiger partial charge < -0.3 is 14.2 Å². The molecule has 0 aliphatic heterocycles. The van der Waals surface area contributed by atoms with Crippen molar-refractivity contribution in [2.24, 2.45) is 7.05 Å². The Morgan fingerprint density at radius 1 is 1.19 bits per heavy atom. The molecule has 0 saturated heterocycles. The summed E-state index contributed by atoms with van der Waals surface area (Å²) < 4.78 is 56.4. The van der Waals surface area contributed by atoms with Crippen molar-refractivity contribution in [1.82, 2.24) is 9.55 Å². The van der Waals surface area contributed by atoms with E-state index in [1.807, 2.05) is 0 Å². The largest absolute Gasteiger partial charge is 0.482 e. The summed E-state index contributed by atoms with van der Waals surface area (Å²) in [6.07, 6.45) is -4.64. The number of halogens is 4. The van der Waals surface area contributed by atoms with E-state index < -0.39 is 22.5 Å². The maximum atomic E-state index is 13.0. The Morgan fingerprint density at radius 3 is 2.59 bits per heavy atom. The second kappa shape index (κ2) is 9.20. The minimum Gasteiger partial charge on any atom is -0.482 e. The number of nitrogens with zero attached hydrogens (tertiary/aromatic N) is 3. The Kier molecular flexibility index (Phi) is 6.60. The van der Waals surface area contributed by atoms with Crippen molar-refractivity contribution in [2.75, 3.05) is 7.11 Å². The fraction of sp³-hybridized carbons (Fsp3) is 0.190. The number of benzene rings is 2. The first-order valence-electron chi connectivity index (χ1n) is 8.92. The molecule has 3 rings (SSSR count). The average molecular weight is 466 g/mol. The van der Waals surface area contributed by atoms with Crippen molar-refractivity contribution in [3.05, 3.63) is 80.5 Å². The van der Waals surface area contributed by atoms with E-state index >= 15 is 0 Å². The Labute approximate surface area is 185 Å². The van der Waals surface area contributed by atoms with Crippen LogP contribution in [0.3, 0.4) is 0 Å². The molecule has 1 heterocycles. The quantitative estimate of drug-likeness (QED) is 0.457. The van der Waals surface area contributed by atoms with Crippen LogP contribution in [-0.2, 0) is 19.8 Å². The van der Waals surface area contributed by atoms with Crippen LogP contribution in [0.5, 0.6) is 23.3 Å². The maximum Gasteiger partial charge on any atom is 0.417 e. The molecule has 0 radical (unpaired) electrons. The Balaban J connectivity index is 1.79. The van der Waals surface area contributed by atoms with E-state index in [0.29, 0.717) is 5.56 Å². The van der Waals surface area contributed by atoms with E-state index in [1.54, 1.807) is 6.07 Å². The number of rotatable bonds is 6. The fourth-order valence-corrected chi connectivity index (χ4v) is 2.89. The van der Waals surface area contributed by atoms with Crippen molar-refractivity contribution in [3.8, 4) is 23.3 Å². The van der Waals surface area contributed by atoms with E-state index in [9.17, 15) is 18.0 Å². The molecule has 0 saturated carbocycles. The molecule has 0 aliphatic rings. The highest BCUT2D eigenvalue weighted by Crippen LogP contribution is 2.39. The third-order valence-corrected chi connectivity index (χ3v) is 4.61. The van der Waals surface area contributed by atoms with Gasteiger partial charge in [0.05, 0.1) is 30.3 Å². The standard InChI is InChI=1S/C21H15ClF3N3O4/c1-26-16-8-12(11-31-18-10-19(30-3)28(2)20(29)27-18)4-7-17(16)32-13-5-6-15(22)14(9-13)21(23,24)25/h4-10H,11H2,2-3H3. The monoisotopic (exact) mass is 465 g/mol. The molecule has 0 spiro atoms. The first-order valence-corrected chi connectivity index (χ1v) is 9.30. The molecule has 0 N–H and O–H groups in total. The molecule has 0 fully saturated rings. The van der Waals surface area contributed by atoms with Crippen molar-refractivity contribution in [3.63, 3.8) is 0 Å². The van der Waals surface area contributed by atoms with E-state index in [-0.39, 0.29) is 35.6 Å². The molecule has 0 bridgehead atoms. The summed E-state index contributed by atoms with van der Waals surface area (Å²) in [4.78, 5) is 18.9. The van der Waals surface area contributed by atoms with Crippen LogP contribution in [0.1, 0.15) is 11.1 Å². The van der Waals surface area contributed by atoms with Gasteiger partial charge >= 0.3 is 11.9 Å². The van der Waals surface area contributed by atoms with Crippen LogP contribution >= 0.6 is 11.6 Å². The molecule has 7 nitrogen and oxygen atoms in total. The highest BCUT2D eigenvalue weighted by Gasteiger charge is 2.33. The lowest BCUT2D eigenvalue weighted by Gasteiger charge is -2.13. The molecule has 166 valence electrons. The molecule has 0 aliphatic carbocycles. The predicted octanol–water partition coefficient (Wildman–Crippen LogP) is 5.38. The Morgan fingerprint density at radius 2 is 1.94 bits per heavy atom. The molecule has 0 amide bonds. The fourth-order valence-electron chi connectivity index (χ4n) is 2.66. The van der Waals surface area contributed by atoms with Gasteiger partial charge in [0.2, 0.25) is 17.4 Å². The molecule has 0 unspecified atom stereocenters. The molecule has 2 aromatic carbocycles. The SMILES string of the molecule is [C-]#[N+]c1cc(COc2cc(OC)n(C)c(=O)n2)ccc1Oc1ccc(Cl)c(C(F)(F)F)c1. The minimum atomic E-state index is -4.64. The zero-order valence-electron chi connectivity index (χ0n) is 16.7. The molecular formula is C21H15ClF3N3O4. The molecule has 3 aromatic rings. The van der Waals surface area contributed by atoms with Gasteiger partial charge in [-0.2, -0.15) is 18.2 Å². The number of hydrogen-bond donors (Lipinski definition) is 0. The first kappa shape index (κ1) is 23.0. The average Bonchev–Trinajstić information content (AvgIpc) is 2.75. The second-order valence-electron chi connectivity index (χ2n) is 6.42. The van der Waals surface area contributed by atoms with Crippen LogP contribution in [0.25, 0.3) is 4.85 Å². The van der Waals surface area contributed by atoms with Gasteiger partial charge in [-0.1, -0.05) is 17.7 Å². The summed E-state index contributed by atoms with van der Waals surface area (Å²) in [7, 11) is 2.90. The van der Waals surface area contributed by atoms with Gasteiger partial charge in [0, 0.05) is 7.05 Å². The highest BCUT2D eigenvalue weighted by atomic mass is 35.5. The summed E-state index contributed by atoms with van der Waals surface area (Å²) in [5.41, 5.74) is -0.991. The molecule has 11 heteroatoms. The van der Waals surface area contributed by atoms with E-state index in [2.05, 4.69) is 9.83 Å². The zero-order valence-corrected chi connectivity index (χ0v) is 17.5. The van der Waals surface area contributed by atoms with Crippen LogP contribution in [-0.4, -0.2) is 16.7 Å². The van der Waals surface area contributed by atoms with Crippen LogP contribution in [0.15, 0.2) is 47.3 Å². The third-order valence-electron chi connectivity index (χ3n) is 4.28.